The van der Waals surface area contributed by atoms with E-state index in [0.717, 1.165) is 6.26 Å². The van der Waals surface area contributed by atoms with Gasteiger partial charge in [-0.2, -0.15) is 13.2 Å². The maximum absolute atomic E-state index is 15.0. The van der Waals surface area contributed by atoms with Crippen LogP contribution in [0.4, 0.5) is 34.6 Å². The highest BCUT2D eigenvalue weighted by Crippen LogP contribution is 2.31. The summed E-state index contributed by atoms with van der Waals surface area (Å²) >= 11 is 0. The molecule has 3 aromatic rings. The van der Waals surface area contributed by atoms with E-state index < -0.39 is 40.6 Å². The predicted octanol–water partition coefficient (Wildman–Crippen LogP) is 2.93. The second kappa shape index (κ2) is 14.9. The number of nitrogens with zero attached hydrogens (tertiary/aromatic N) is 3. The zero-order chi connectivity index (χ0) is 34.4. The zero-order valence-electron chi connectivity index (χ0n) is 26.2. The number of aromatic nitrogens is 2. The van der Waals surface area contributed by atoms with Gasteiger partial charge in [-0.05, 0) is 50.6 Å². The Kier molecular flexibility index (Phi) is 11.2. The fourth-order valence-electron chi connectivity index (χ4n) is 4.93. The van der Waals surface area contributed by atoms with Gasteiger partial charge in [0.2, 0.25) is 0 Å². The van der Waals surface area contributed by atoms with Crippen LogP contribution in [0.25, 0.3) is 5.65 Å². The van der Waals surface area contributed by atoms with Gasteiger partial charge in [0.05, 0.1) is 60.3 Å². The number of ether oxygens (including phenoxy) is 1. The molecule has 16 heteroatoms. The number of imidazole rings is 1. The minimum absolute atomic E-state index is 0.0509. The Morgan fingerprint density at radius 3 is 2.60 bits per heavy atom. The number of alkyl halides is 4. The molecule has 0 bridgehead atoms. The van der Waals surface area contributed by atoms with Crippen molar-refractivity contribution in [3.8, 4) is 29.4 Å². The molecule has 0 saturated carbocycles. The number of carbonyl (C=O) groups is 1. The van der Waals surface area contributed by atoms with E-state index in [1.807, 2.05) is 4.90 Å². The molecule has 1 aromatic carbocycles. The molecule has 0 aliphatic carbocycles. The highest BCUT2D eigenvalue weighted by Gasteiger charge is 2.33. The average Bonchev–Trinajstić information content (AvgIpc) is 3.32. The third-order valence-corrected chi connectivity index (χ3v) is 8.28. The Bertz CT molecular complexity index is 1860. The molecule has 1 aliphatic heterocycles. The van der Waals surface area contributed by atoms with Crippen LogP contribution in [-0.4, -0.2) is 101 Å². The Balaban J connectivity index is 1.73. The van der Waals surface area contributed by atoms with Crippen LogP contribution in [0.1, 0.15) is 17.8 Å². The van der Waals surface area contributed by atoms with Crippen LogP contribution >= 0.6 is 0 Å². The molecule has 0 unspecified atom stereocenters. The summed E-state index contributed by atoms with van der Waals surface area (Å²) in [5.41, 5.74) is 0.389. The first-order valence-corrected chi connectivity index (χ1v) is 16.3. The van der Waals surface area contributed by atoms with Gasteiger partial charge in [-0.25, -0.2) is 17.8 Å². The van der Waals surface area contributed by atoms with Crippen molar-refractivity contribution in [2.75, 3.05) is 69.6 Å². The van der Waals surface area contributed by atoms with E-state index in [-0.39, 0.29) is 58.7 Å². The quantitative estimate of drug-likeness (QED) is 0.200. The molecule has 1 saturated heterocycles. The summed E-state index contributed by atoms with van der Waals surface area (Å²) in [6.45, 7) is 0.973. The third-order valence-electron chi connectivity index (χ3n) is 7.17. The summed E-state index contributed by atoms with van der Waals surface area (Å²) in [4.78, 5) is 18.8. The summed E-state index contributed by atoms with van der Waals surface area (Å²) in [5, 5.41) is 11.4. The van der Waals surface area contributed by atoms with Gasteiger partial charge in [-0.15, -0.1) is 0 Å². The molecule has 47 heavy (non-hydrogen) atoms. The molecule has 2 aromatic heterocycles. The standard InChI is InChI=1S/C31H35F4N7O4S/c1-36-12-6-8-29(43)38-20-15-26(39-23-11-14-41(2)19-22(23)32)30-40-24(27(42(30)18-20)17-31(33,34)35)7-5-13-37-25-10-9-21(47(4,44)45)16-28(25)46-3/h9-10,15-16,18,22-23,36-37,39H,11-14,17,19H2,1-4H3,(H,38,43)/t22-,23+/m0/s1. The predicted molar refractivity (Wildman–Crippen MR) is 171 cm³/mol. The highest BCUT2D eigenvalue weighted by molar-refractivity contribution is 7.90. The van der Waals surface area contributed by atoms with Crippen molar-refractivity contribution in [2.24, 2.45) is 0 Å². The molecule has 0 radical (unpaired) electrons. The summed E-state index contributed by atoms with van der Waals surface area (Å²) in [6, 6.07) is 5.06. The van der Waals surface area contributed by atoms with E-state index in [0.29, 0.717) is 18.7 Å². The van der Waals surface area contributed by atoms with Crippen molar-refractivity contribution >= 4 is 38.5 Å². The molecule has 3 heterocycles. The maximum Gasteiger partial charge on any atom is 0.394 e. The number of likely N-dealkylation sites (tertiary alicyclic amines) is 1. The normalized spacial score (nSPS) is 16.9. The number of hydrogen-bond donors (Lipinski definition) is 4. The minimum atomic E-state index is -4.64. The van der Waals surface area contributed by atoms with E-state index in [9.17, 15) is 26.4 Å². The van der Waals surface area contributed by atoms with Crippen LogP contribution in [0.3, 0.4) is 0 Å². The Labute approximate surface area is 270 Å². The number of sulfone groups is 1. The monoisotopic (exact) mass is 677 g/mol. The van der Waals surface area contributed by atoms with Crippen molar-refractivity contribution in [1.29, 1.82) is 0 Å². The van der Waals surface area contributed by atoms with Crippen LogP contribution in [0, 0.1) is 23.7 Å². The van der Waals surface area contributed by atoms with Crippen molar-refractivity contribution < 1.29 is 35.5 Å². The van der Waals surface area contributed by atoms with Crippen LogP contribution in [0.2, 0.25) is 0 Å². The number of pyridine rings is 1. The van der Waals surface area contributed by atoms with E-state index in [2.05, 4.69) is 49.9 Å². The van der Waals surface area contributed by atoms with Crippen molar-refractivity contribution in [1.82, 2.24) is 19.6 Å². The topological polar surface area (TPSA) is 129 Å². The Morgan fingerprint density at radius 1 is 1.17 bits per heavy atom. The van der Waals surface area contributed by atoms with Crippen LogP contribution in [0.5, 0.6) is 5.75 Å². The molecule has 1 fully saturated rings. The van der Waals surface area contributed by atoms with Gasteiger partial charge in [0.25, 0.3) is 5.91 Å². The number of piperidine rings is 1. The van der Waals surface area contributed by atoms with Crippen LogP contribution < -0.4 is 26.0 Å². The fourth-order valence-corrected chi connectivity index (χ4v) is 5.57. The fraction of sp³-hybridized carbons (Fsp3) is 0.419. The highest BCUT2D eigenvalue weighted by atomic mass is 32.2. The SMILES string of the molecule is CNCC#CC(=O)Nc1cc(N[C@@H]2CCN(C)C[C@@H]2F)c2nc(C#CCNc3ccc(S(C)(=O)=O)cc3OC)c(CC(F)(F)F)n2c1. The summed E-state index contributed by atoms with van der Waals surface area (Å²) < 4.78 is 86.8. The summed E-state index contributed by atoms with van der Waals surface area (Å²) in [5.74, 6) is 10.0. The molecule has 252 valence electrons. The maximum atomic E-state index is 15.0. The molecule has 2 atom stereocenters. The number of carbonyl (C=O) groups excluding carboxylic acids is 1. The van der Waals surface area contributed by atoms with Crippen LogP contribution in [0.15, 0.2) is 35.4 Å². The summed E-state index contributed by atoms with van der Waals surface area (Å²) in [6.07, 6.45) is -4.49. The van der Waals surface area contributed by atoms with Crippen molar-refractivity contribution in [3.63, 3.8) is 0 Å². The number of amides is 1. The molecule has 4 N–H and O–H groups in total. The molecule has 1 amide bonds. The second-order valence-electron chi connectivity index (χ2n) is 10.9. The van der Waals surface area contributed by atoms with Gasteiger partial charge in [0.1, 0.15) is 17.6 Å². The van der Waals surface area contributed by atoms with Crippen molar-refractivity contribution in [3.05, 3.63) is 41.9 Å². The lowest BCUT2D eigenvalue weighted by atomic mass is 10.0. The number of halogens is 4. The lowest BCUT2D eigenvalue weighted by molar-refractivity contribution is -0.128. The molecular formula is C31H35F4N7O4S. The smallest absolute Gasteiger partial charge is 0.394 e. The van der Waals surface area contributed by atoms with E-state index >= 15 is 4.39 Å². The number of methoxy groups -OCH3 is 1. The number of rotatable bonds is 9. The first kappa shape index (κ1) is 35.3. The van der Waals surface area contributed by atoms with Gasteiger partial charge < -0.3 is 30.9 Å². The van der Waals surface area contributed by atoms with Gasteiger partial charge in [0.15, 0.2) is 15.5 Å². The largest absolute Gasteiger partial charge is 0.495 e. The first-order valence-electron chi connectivity index (χ1n) is 14.4. The number of anilines is 3. The van der Waals surface area contributed by atoms with E-state index in [1.165, 1.54) is 42.0 Å². The van der Waals surface area contributed by atoms with E-state index in [4.69, 9.17) is 4.74 Å². The van der Waals surface area contributed by atoms with Crippen LogP contribution in [-0.2, 0) is 21.1 Å². The molecular weight excluding hydrogens is 642 g/mol. The molecule has 1 aliphatic rings. The van der Waals surface area contributed by atoms with Gasteiger partial charge in [0, 0.05) is 31.6 Å². The van der Waals surface area contributed by atoms with E-state index in [1.54, 1.807) is 14.1 Å². The van der Waals surface area contributed by atoms with Crippen molar-refractivity contribution in [2.45, 2.75) is 36.1 Å². The number of hydrogen-bond acceptors (Lipinski definition) is 9. The lowest BCUT2D eigenvalue weighted by Crippen LogP contribution is -2.46. The first-order chi connectivity index (χ1) is 22.2. The third kappa shape index (κ3) is 9.51. The molecule has 11 nitrogen and oxygen atoms in total. The molecule has 4 rings (SSSR count). The number of nitrogens with one attached hydrogen (secondary N) is 4. The van der Waals surface area contributed by atoms with Gasteiger partial charge in [-0.1, -0.05) is 11.8 Å². The summed E-state index contributed by atoms with van der Waals surface area (Å²) in [7, 11) is 1.34. The lowest BCUT2D eigenvalue weighted by Gasteiger charge is -2.33. The second-order valence-corrected chi connectivity index (χ2v) is 12.9. The molecule has 0 spiro atoms. The number of fused-ring (bicyclic) bond motifs is 1. The average molecular weight is 678 g/mol. The number of benzene rings is 1. The Morgan fingerprint density at radius 2 is 1.94 bits per heavy atom. The van der Waals surface area contributed by atoms with Gasteiger partial charge >= 0.3 is 6.18 Å². The minimum Gasteiger partial charge on any atom is -0.495 e. The van der Waals surface area contributed by atoms with Gasteiger partial charge in [-0.3, -0.25) is 9.20 Å². The Hall–Kier alpha value is -4.51. The zero-order valence-corrected chi connectivity index (χ0v) is 27.0.